The fraction of sp³-hybridized carbons (Fsp3) is 0.500. The fourth-order valence-electron chi connectivity index (χ4n) is 2.20. The van der Waals surface area contributed by atoms with Crippen LogP contribution in [0.25, 0.3) is 0 Å². The first-order chi connectivity index (χ1) is 7.63. The predicted octanol–water partition coefficient (Wildman–Crippen LogP) is 2.29. The summed E-state index contributed by atoms with van der Waals surface area (Å²) < 4.78 is 0. The normalized spacial score (nSPS) is 20.6. The molecule has 2 rings (SSSR count). The van der Waals surface area contributed by atoms with Gasteiger partial charge < -0.3 is 4.90 Å². The molecular formula is C12H15ClN2O. The second kappa shape index (κ2) is 4.42. The Balaban J connectivity index is 2.35. The molecule has 1 saturated heterocycles. The smallest absolute Gasteiger partial charge is 0.227 e. The highest BCUT2D eigenvalue weighted by atomic mass is 35.5. The van der Waals surface area contributed by atoms with Crippen molar-refractivity contribution >= 4 is 23.2 Å². The van der Waals surface area contributed by atoms with E-state index in [4.69, 9.17) is 11.6 Å². The number of aryl methyl sites for hydroxylation is 2. The Bertz CT molecular complexity index is 399. The first-order valence-corrected chi connectivity index (χ1v) is 5.95. The Morgan fingerprint density at radius 3 is 2.88 bits per heavy atom. The number of hydrogen-bond donors (Lipinski definition) is 0. The highest BCUT2D eigenvalue weighted by Crippen LogP contribution is 2.29. The zero-order valence-electron chi connectivity index (χ0n) is 9.53. The Morgan fingerprint density at radius 2 is 2.31 bits per heavy atom. The number of pyridine rings is 1. The van der Waals surface area contributed by atoms with E-state index in [1.165, 1.54) is 0 Å². The third kappa shape index (κ3) is 1.92. The number of amides is 1. The number of rotatable bonds is 2. The molecule has 2 heterocycles. The van der Waals surface area contributed by atoms with Gasteiger partial charge in [0.2, 0.25) is 5.91 Å². The highest BCUT2D eigenvalue weighted by Gasteiger charge is 2.31. The molecule has 1 aromatic rings. The molecule has 1 atom stereocenters. The molecule has 1 aliphatic heterocycles. The van der Waals surface area contributed by atoms with Gasteiger partial charge in [-0.15, -0.1) is 11.6 Å². The van der Waals surface area contributed by atoms with Gasteiger partial charge in [-0.1, -0.05) is 0 Å². The number of alkyl halides is 1. The van der Waals surface area contributed by atoms with E-state index in [-0.39, 0.29) is 11.8 Å². The van der Waals surface area contributed by atoms with Gasteiger partial charge >= 0.3 is 0 Å². The Hall–Kier alpha value is -1.09. The number of hydrogen-bond acceptors (Lipinski definition) is 2. The van der Waals surface area contributed by atoms with Crippen LogP contribution in [0.4, 0.5) is 5.69 Å². The molecule has 16 heavy (non-hydrogen) atoms. The van der Waals surface area contributed by atoms with E-state index in [1.54, 1.807) is 6.20 Å². The summed E-state index contributed by atoms with van der Waals surface area (Å²) in [5.74, 6) is 0.971. The molecule has 0 spiro atoms. The SMILES string of the molecule is Cc1ccnc(C)c1N1CC(CCl)CC1=O. The Kier molecular flexibility index (Phi) is 3.15. The van der Waals surface area contributed by atoms with Gasteiger partial charge in [-0.25, -0.2) is 0 Å². The molecule has 0 N–H and O–H groups in total. The molecule has 1 unspecified atom stereocenters. The summed E-state index contributed by atoms with van der Waals surface area (Å²) in [4.78, 5) is 18.0. The fourth-order valence-corrected chi connectivity index (χ4v) is 2.40. The summed E-state index contributed by atoms with van der Waals surface area (Å²) in [6.07, 6.45) is 2.32. The molecular weight excluding hydrogens is 224 g/mol. The van der Waals surface area contributed by atoms with Crippen LogP contribution in [-0.4, -0.2) is 23.3 Å². The molecule has 3 nitrogen and oxygen atoms in total. The number of aromatic nitrogens is 1. The largest absolute Gasteiger partial charge is 0.310 e. The van der Waals surface area contributed by atoms with Crippen molar-refractivity contribution in [2.24, 2.45) is 5.92 Å². The van der Waals surface area contributed by atoms with Crippen molar-refractivity contribution in [3.8, 4) is 0 Å². The highest BCUT2D eigenvalue weighted by molar-refractivity contribution is 6.18. The van der Waals surface area contributed by atoms with Gasteiger partial charge in [0, 0.05) is 25.0 Å². The molecule has 1 aromatic heterocycles. The quantitative estimate of drug-likeness (QED) is 0.741. The van der Waals surface area contributed by atoms with Crippen molar-refractivity contribution in [2.45, 2.75) is 20.3 Å². The van der Waals surface area contributed by atoms with Crippen molar-refractivity contribution in [3.05, 3.63) is 23.5 Å². The number of carbonyl (C=O) groups excluding carboxylic acids is 1. The predicted molar refractivity (Wildman–Crippen MR) is 64.9 cm³/mol. The minimum atomic E-state index is 0.157. The van der Waals surface area contributed by atoms with E-state index >= 15 is 0 Å². The Labute approximate surface area is 100 Å². The van der Waals surface area contributed by atoms with Crippen LogP contribution in [0.2, 0.25) is 0 Å². The second-order valence-electron chi connectivity index (χ2n) is 4.29. The number of halogens is 1. The van der Waals surface area contributed by atoms with Crippen molar-refractivity contribution < 1.29 is 4.79 Å². The summed E-state index contributed by atoms with van der Waals surface area (Å²) >= 11 is 5.81. The summed E-state index contributed by atoms with van der Waals surface area (Å²) in [5, 5.41) is 0. The van der Waals surface area contributed by atoms with Gasteiger partial charge in [0.15, 0.2) is 0 Å². The monoisotopic (exact) mass is 238 g/mol. The third-order valence-corrected chi connectivity index (χ3v) is 3.44. The van der Waals surface area contributed by atoms with Crippen molar-refractivity contribution in [2.75, 3.05) is 17.3 Å². The summed E-state index contributed by atoms with van der Waals surface area (Å²) in [5.41, 5.74) is 2.96. The zero-order valence-corrected chi connectivity index (χ0v) is 10.3. The molecule has 1 amide bonds. The van der Waals surface area contributed by atoms with E-state index < -0.39 is 0 Å². The Morgan fingerprint density at radius 1 is 1.56 bits per heavy atom. The van der Waals surface area contributed by atoms with Crippen LogP contribution >= 0.6 is 11.6 Å². The van der Waals surface area contributed by atoms with Crippen LogP contribution in [0.15, 0.2) is 12.3 Å². The average Bonchev–Trinajstić information content (AvgIpc) is 2.60. The van der Waals surface area contributed by atoms with Crippen LogP contribution < -0.4 is 4.90 Å². The van der Waals surface area contributed by atoms with Crippen LogP contribution in [0, 0.1) is 19.8 Å². The topological polar surface area (TPSA) is 33.2 Å². The van der Waals surface area contributed by atoms with E-state index in [9.17, 15) is 4.79 Å². The van der Waals surface area contributed by atoms with Gasteiger partial charge in [0.05, 0.1) is 11.4 Å². The minimum absolute atomic E-state index is 0.157. The maximum Gasteiger partial charge on any atom is 0.227 e. The van der Waals surface area contributed by atoms with Gasteiger partial charge in [-0.05, 0) is 31.4 Å². The molecule has 86 valence electrons. The minimum Gasteiger partial charge on any atom is -0.310 e. The van der Waals surface area contributed by atoms with Gasteiger partial charge in [-0.2, -0.15) is 0 Å². The lowest BCUT2D eigenvalue weighted by Gasteiger charge is -2.20. The molecule has 0 radical (unpaired) electrons. The maximum atomic E-state index is 11.9. The van der Waals surface area contributed by atoms with E-state index in [1.807, 2.05) is 24.8 Å². The van der Waals surface area contributed by atoms with Crippen molar-refractivity contribution in [1.29, 1.82) is 0 Å². The zero-order chi connectivity index (χ0) is 11.7. The van der Waals surface area contributed by atoms with Crippen LogP contribution in [-0.2, 0) is 4.79 Å². The summed E-state index contributed by atoms with van der Waals surface area (Å²) in [6.45, 7) is 4.66. The van der Waals surface area contributed by atoms with Gasteiger partial charge in [0.1, 0.15) is 0 Å². The summed E-state index contributed by atoms with van der Waals surface area (Å²) in [6, 6.07) is 1.93. The number of nitrogens with zero attached hydrogens (tertiary/aromatic N) is 2. The van der Waals surface area contributed by atoms with Gasteiger partial charge in [0.25, 0.3) is 0 Å². The third-order valence-electron chi connectivity index (χ3n) is 3.00. The van der Waals surface area contributed by atoms with Crippen molar-refractivity contribution in [3.63, 3.8) is 0 Å². The lowest BCUT2D eigenvalue weighted by molar-refractivity contribution is -0.117. The molecule has 1 aliphatic rings. The lowest BCUT2D eigenvalue weighted by atomic mass is 10.1. The molecule has 0 bridgehead atoms. The van der Waals surface area contributed by atoms with E-state index in [0.29, 0.717) is 12.3 Å². The van der Waals surface area contributed by atoms with E-state index in [2.05, 4.69) is 4.98 Å². The van der Waals surface area contributed by atoms with Crippen LogP contribution in [0.1, 0.15) is 17.7 Å². The molecule has 0 saturated carbocycles. The maximum absolute atomic E-state index is 11.9. The molecule has 4 heteroatoms. The number of anilines is 1. The number of carbonyl (C=O) groups is 1. The standard InChI is InChI=1S/C12H15ClN2O/c1-8-3-4-14-9(2)12(8)15-7-10(6-13)5-11(15)16/h3-4,10H,5-7H2,1-2H3. The average molecular weight is 239 g/mol. The van der Waals surface area contributed by atoms with Crippen LogP contribution in [0.5, 0.6) is 0 Å². The summed E-state index contributed by atoms with van der Waals surface area (Å²) in [7, 11) is 0. The first-order valence-electron chi connectivity index (χ1n) is 5.42. The molecule has 1 fully saturated rings. The molecule has 0 aromatic carbocycles. The second-order valence-corrected chi connectivity index (χ2v) is 4.60. The van der Waals surface area contributed by atoms with Crippen molar-refractivity contribution in [1.82, 2.24) is 4.98 Å². The first kappa shape index (κ1) is 11.4. The van der Waals surface area contributed by atoms with E-state index in [0.717, 1.165) is 23.5 Å². The van der Waals surface area contributed by atoms with Crippen LogP contribution in [0.3, 0.4) is 0 Å². The molecule has 0 aliphatic carbocycles. The lowest BCUT2D eigenvalue weighted by Crippen LogP contribution is -2.26. The van der Waals surface area contributed by atoms with Gasteiger partial charge in [-0.3, -0.25) is 9.78 Å².